The summed E-state index contributed by atoms with van der Waals surface area (Å²) in [6, 6.07) is 9.09. The summed E-state index contributed by atoms with van der Waals surface area (Å²) in [6.45, 7) is 3.55. The smallest absolute Gasteiger partial charge is 0.338 e. The van der Waals surface area contributed by atoms with Crippen LogP contribution in [-0.4, -0.2) is 26.2 Å². The van der Waals surface area contributed by atoms with Crippen molar-refractivity contribution in [2.24, 2.45) is 0 Å². The maximum atomic E-state index is 11.6. The number of benzene rings is 1. The normalized spacial score (nSPS) is 10.7. The van der Waals surface area contributed by atoms with Gasteiger partial charge in [-0.2, -0.15) is 0 Å². The second-order valence-corrected chi connectivity index (χ2v) is 3.43. The van der Waals surface area contributed by atoms with Gasteiger partial charge in [-0.05, 0) is 11.6 Å². The molecule has 1 rings (SSSR count). The van der Waals surface area contributed by atoms with Gasteiger partial charge in [-0.3, -0.25) is 0 Å². The molecule has 18 heavy (non-hydrogen) atoms. The third-order valence-electron chi connectivity index (χ3n) is 2.27. The summed E-state index contributed by atoms with van der Waals surface area (Å²) in [5.41, 5.74) is 0.812. The predicted molar refractivity (Wildman–Crippen MR) is 67.6 cm³/mol. The molecule has 0 aromatic heterocycles. The van der Waals surface area contributed by atoms with Gasteiger partial charge in [-0.1, -0.05) is 36.9 Å². The first kappa shape index (κ1) is 13.7. The molecule has 0 unspecified atom stereocenters. The molecule has 1 aromatic rings. The molecule has 1 aromatic carbocycles. The van der Waals surface area contributed by atoms with Crippen LogP contribution in [-0.2, 0) is 19.1 Å². The lowest BCUT2D eigenvalue weighted by molar-refractivity contribution is -0.139. The highest BCUT2D eigenvalue weighted by Gasteiger charge is 2.19. The van der Waals surface area contributed by atoms with Crippen LogP contribution < -0.4 is 0 Å². The van der Waals surface area contributed by atoms with Gasteiger partial charge in [0.15, 0.2) is 0 Å². The van der Waals surface area contributed by atoms with Crippen LogP contribution in [0.25, 0.3) is 6.08 Å². The van der Waals surface area contributed by atoms with Gasteiger partial charge in [-0.25, -0.2) is 9.59 Å². The topological polar surface area (TPSA) is 52.6 Å². The summed E-state index contributed by atoms with van der Waals surface area (Å²) in [6.07, 6.45) is 1.53. The summed E-state index contributed by atoms with van der Waals surface area (Å²) in [5, 5.41) is 0. The van der Waals surface area contributed by atoms with E-state index in [1.165, 1.54) is 20.3 Å². The van der Waals surface area contributed by atoms with Crippen molar-refractivity contribution in [1.29, 1.82) is 0 Å². The zero-order chi connectivity index (χ0) is 13.5. The van der Waals surface area contributed by atoms with Crippen LogP contribution in [0.2, 0.25) is 0 Å². The minimum atomic E-state index is -0.664. The Morgan fingerprint density at radius 3 is 2.11 bits per heavy atom. The van der Waals surface area contributed by atoms with E-state index in [0.29, 0.717) is 0 Å². The maximum absolute atomic E-state index is 11.6. The van der Waals surface area contributed by atoms with Gasteiger partial charge >= 0.3 is 11.9 Å². The highest BCUT2D eigenvalue weighted by atomic mass is 16.5. The van der Waals surface area contributed by atoms with Crippen LogP contribution in [0.15, 0.2) is 48.1 Å². The molecule has 0 bridgehead atoms. The number of ether oxygens (including phenoxy) is 2. The molecular weight excluding hydrogens is 232 g/mol. The fourth-order valence-electron chi connectivity index (χ4n) is 1.33. The molecule has 94 valence electrons. The molecule has 0 aliphatic heterocycles. The molecule has 0 saturated carbocycles. The van der Waals surface area contributed by atoms with E-state index < -0.39 is 11.9 Å². The number of hydrogen-bond acceptors (Lipinski definition) is 4. The third kappa shape index (κ3) is 3.31. The summed E-state index contributed by atoms with van der Waals surface area (Å²) >= 11 is 0. The van der Waals surface area contributed by atoms with Crippen LogP contribution in [0.4, 0.5) is 0 Å². The molecule has 0 heterocycles. The summed E-state index contributed by atoms with van der Waals surface area (Å²) in [4.78, 5) is 23.0. The monoisotopic (exact) mass is 246 g/mol. The first-order valence-electron chi connectivity index (χ1n) is 5.22. The first-order valence-corrected chi connectivity index (χ1v) is 5.22. The molecule has 0 amide bonds. The minimum Gasteiger partial charge on any atom is -0.465 e. The van der Waals surface area contributed by atoms with E-state index in [9.17, 15) is 9.59 Å². The summed E-state index contributed by atoms with van der Waals surface area (Å²) < 4.78 is 9.16. The molecule has 0 aliphatic carbocycles. The van der Waals surface area contributed by atoms with Gasteiger partial charge in [0.2, 0.25) is 0 Å². The molecule has 0 N–H and O–H groups in total. The van der Waals surface area contributed by atoms with Gasteiger partial charge in [0.05, 0.1) is 25.4 Å². The number of methoxy groups -OCH3 is 2. The lowest BCUT2D eigenvalue weighted by atomic mass is 10.0. The molecule has 0 saturated heterocycles. The van der Waals surface area contributed by atoms with Gasteiger partial charge in [0.25, 0.3) is 0 Å². The number of rotatable bonds is 4. The van der Waals surface area contributed by atoms with E-state index in [4.69, 9.17) is 0 Å². The lowest BCUT2D eigenvalue weighted by Crippen LogP contribution is -2.14. The average molecular weight is 246 g/mol. The van der Waals surface area contributed by atoms with E-state index >= 15 is 0 Å². The van der Waals surface area contributed by atoms with Crippen molar-refractivity contribution in [2.45, 2.75) is 0 Å². The third-order valence-corrected chi connectivity index (χ3v) is 2.27. The molecule has 0 spiro atoms. The number of hydrogen-bond donors (Lipinski definition) is 0. The Morgan fingerprint density at radius 1 is 1.06 bits per heavy atom. The second-order valence-electron chi connectivity index (χ2n) is 3.43. The zero-order valence-corrected chi connectivity index (χ0v) is 10.3. The quantitative estimate of drug-likeness (QED) is 0.463. The Labute approximate surface area is 106 Å². The standard InChI is InChI=1S/C14H14O4/c1-10(13(15)17-2)12(14(16)18-3)9-11-7-5-4-6-8-11/h4-9H,1H2,2-3H3/b12-9+. The lowest BCUT2D eigenvalue weighted by Gasteiger charge is -2.07. The number of carbonyl (C=O) groups excluding carboxylic acids is 2. The molecule has 0 radical (unpaired) electrons. The van der Waals surface area contributed by atoms with E-state index in [1.54, 1.807) is 12.1 Å². The SMILES string of the molecule is C=C(C(=O)OC)/C(=C\c1ccccc1)C(=O)OC. The highest BCUT2D eigenvalue weighted by molar-refractivity contribution is 6.09. The molecule has 0 fully saturated rings. The van der Waals surface area contributed by atoms with E-state index in [0.717, 1.165) is 5.56 Å². The van der Waals surface area contributed by atoms with Gasteiger partial charge in [0, 0.05) is 0 Å². The Kier molecular flexibility index (Phi) is 4.87. The predicted octanol–water partition coefficient (Wildman–Crippen LogP) is 1.97. The number of carbonyl (C=O) groups is 2. The Morgan fingerprint density at radius 2 is 1.61 bits per heavy atom. The highest BCUT2D eigenvalue weighted by Crippen LogP contribution is 2.16. The van der Waals surface area contributed by atoms with Crippen molar-refractivity contribution in [1.82, 2.24) is 0 Å². The molecule has 0 atom stereocenters. The Hall–Kier alpha value is -2.36. The van der Waals surface area contributed by atoms with Crippen molar-refractivity contribution >= 4 is 18.0 Å². The van der Waals surface area contributed by atoms with E-state index in [2.05, 4.69) is 16.1 Å². The summed E-state index contributed by atoms with van der Waals surface area (Å²) in [7, 11) is 2.47. The van der Waals surface area contributed by atoms with Crippen LogP contribution in [0.3, 0.4) is 0 Å². The van der Waals surface area contributed by atoms with E-state index in [1.807, 2.05) is 18.2 Å². The minimum absolute atomic E-state index is 0.0341. The fraction of sp³-hybridized carbons (Fsp3) is 0.143. The maximum Gasteiger partial charge on any atom is 0.338 e. The summed E-state index contributed by atoms with van der Waals surface area (Å²) in [5.74, 6) is -1.29. The fourth-order valence-corrected chi connectivity index (χ4v) is 1.33. The van der Waals surface area contributed by atoms with Gasteiger partial charge in [-0.15, -0.1) is 0 Å². The largest absolute Gasteiger partial charge is 0.465 e. The zero-order valence-electron chi connectivity index (χ0n) is 10.3. The first-order chi connectivity index (χ1) is 8.60. The van der Waals surface area contributed by atoms with Crippen molar-refractivity contribution in [3.8, 4) is 0 Å². The van der Waals surface area contributed by atoms with Gasteiger partial charge in [0.1, 0.15) is 0 Å². The molecule has 0 aliphatic rings. The Bertz CT molecular complexity index is 486. The van der Waals surface area contributed by atoms with Crippen molar-refractivity contribution < 1.29 is 19.1 Å². The van der Waals surface area contributed by atoms with Crippen LogP contribution in [0.5, 0.6) is 0 Å². The van der Waals surface area contributed by atoms with Crippen molar-refractivity contribution in [3.05, 3.63) is 53.6 Å². The van der Waals surface area contributed by atoms with Gasteiger partial charge < -0.3 is 9.47 Å². The molecule has 4 nitrogen and oxygen atoms in total. The van der Waals surface area contributed by atoms with E-state index in [-0.39, 0.29) is 11.1 Å². The van der Waals surface area contributed by atoms with Crippen molar-refractivity contribution in [3.63, 3.8) is 0 Å². The van der Waals surface area contributed by atoms with Crippen LogP contribution in [0.1, 0.15) is 5.56 Å². The number of esters is 2. The molecule has 4 heteroatoms. The second kappa shape index (κ2) is 6.39. The Balaban J connectivity index is 3.14. The van der Waals surface area contributed by atoms with Crippen molar-refractivity contribution in [2.75, 3.05) is 14.2 Å². The van der Waals surface area contributed by atoms with Crippen LogP contribution >= 0.6 is 0 Å². The average Bonchev–Trinajstić information content (AvgIpc) is 2.43. The van der Waals surface area contributed by atoms with Crippen LogP contribution in [0, 0.1) is 0 Å². The molecular formula is C14H14O4.